The molecule has 4 heterocycles. The van der Waals surface area contributed by atoms with Crippen LogP contribution in [0.2, 0.25) is 0 Å². The lowest BCUT2D eigenvalue weighted by Crippen LogP contribution is -2.62. The fourth-order valence-electron chi connectivity index (χ4n) is 8.30. The van der Waals surface area contributed by atoms with Crippen LogP contribution >= 0.6 is 0 Å². The number of amides is 3. The molecular weight excluding hydrogens is 572 g/mol. The number of ether oxygens (including phenoxy) is 2. The highest BCUT2D eigenvalue weighted by molar-refractivity contribution is 5.96. The third kappa shape index (κ3) is 6.40. The normalized spacial score (nSPS) is 28.1. The van der Waals surface area contributed by atoms with Crippen LogP contribution in [0.25, 0.3) is 0 Å². The van der Waals surface area contributed by atoms with E-state index in [1.807, 2.05) is 55.7 Å². The van der Waals surface area contributed by atoms with Crippen molar-refractivity contribution in [3.8, 4) is 0 Å². The molecule has 6 rings (SSSR count). The lowest BCUT2D eigenvalue weighted by molar-refractivity contribution is -0.128. The number of nitrogens with zero attached hydrogens (tertiary/aromatic N) is 3. The quantitative estimate of drug-likeness (QED) is 0.450. The Balaban J connectivity index is 1.15. The first kappa shape index (κ1) is 32.1. The van der Waals surface area contributed by atoms with E-state index in [0.717, 1.165) is 62.6 Å². The Bertz CT molecular complexity index is 1280. The molecule has 3 amide bonds. The van der Waals surface area contributed by atoms with E-state index in [9.17, 15) is 14.4 Å². The lowest BCUT2D eigenvalue weighted by Gasteiger charge is -2.49. The maximum atomic E-state index is 13.6. The number of piperidine rings is 2. The molecule has 1 aliphatic carbocycles. The van der Waals surface area contributed by atoms with Crippen LogP contribution < -0.4 is 16.1 Å². The summed E-state index contributed by atoms with van der Waals surface area (Å²) < 4.78 is 11.8. The summed E-state index contributed by atoms with van der Waals surface area (Å²) in [6, 6.07) is 5.94. The molecule has 3 atom stereocenters. The summed E-state index contributed by atoms with van der Waals surface area (Å²) in [6.45, 7) is 13.6. The molecule has 1 aromatic rings. The Kier molecular flexibility index (Phi) is 8.82. The number of carbonyl (C=O) groups is 3. The van der Waals surface area contributed by atoms with Gasteiger partial charge in [0.05, 0.1) is 24.7 Å². The number of fused-ring (bicyclic) bond motifs is 1. The third-order valence-electron chi connectivity index (χ3n) is 10.8. The van der Waals surface area contributed by atoms with Crippen LogP contribution in [0.4, 0.5) is 10.5 Å². The minimum absolute atomic E-state index is 0.0375. The maximum absolute atomic E-state index is 13.6. The van der Waals surface area contributed by atoms with Crippen LogP contribution in [0.1, 0.15) is 95.0 Å². The van der Waals surface area contributed by atoms with Gasteiger partial charge in [-0.3, -0.25) is 9.59 Å². The number of benzene rings is 1. The molecule has 0 bridgehead atoms. The number of nitrogens with one attached hydrogen (secondary N) is 3. The van der Waals surface area contributed by atoms with Gasteiger partial charge in [-0.15, -0.1) is 0 Å². The number of hydrogen-bond acceptors (Lipinski definition) is 8. The lowest BCUT2D eigenvalue weighted by atomic mass is 9.81. The van der Waals surface area contributed by atoms with E-state index >= 15 is 0 Å². The van der Waals surface area contributed by atoms with Crippen molar-refractivity contribution < 1.29 is 23.9 Å². The number of anilines is 1. The summed E-state index contributed by atoms with van der Waals surface area (Å²) in [5, 5.41) is 9.05. The SMILES string of the molecule is CCC1(N2NC(Nc3ccc(C(=O)N4CCOC5(CCCC5)C4)c(C)c3)C3C(=O)NCCC32)CCN(C(=O)OC(C)(C)C)CC1. The first-order valence-electron chi connectivity index (χ1n) is 17.0. The zero-order valence-corrected chi connectivity index (χ0v) is 27.7. The Labute approximate surface area is 267 Å². The van der Waals surface area contributed by atoms with Crippen molar-refractivity contribution in [1.29, 1.82) is 0 Å². The summed E-state index contributed by atoms with van der Waals surface area (Å²) >= 11 is 0. The largest absolute Gasteiger partial charge is 0.444 e. The van der Waals surface area contributed by atoms with Crippen molar-refractivity contribution in [3.05, 3.63) is 29.3 Å². The minimum atomic E-state index is -0.529. The molecule has 5 fully saturated rings. The fourth-order valence-corrected chi connectivity index (χ4v) is 8.30. The molecule has 5 aliphatic rings. The number of morpholine rings is 1. The van der Waals surface area contributed by atoms with Crippen molar-refractivity contribution in [2.24, 2.45) is 5.92 Å². The van der Waals surface area contributed by atoms with E-state index in [-0.39, 0.29) is 47.2 Å². The van der Waals surface area contributed by atoms with Crippen molar-refractivity contribution >= 4 is 23.6 Å². The molecule has 0 radical (unpaired) electrons. The van der Waals surface area contributed by atoms with E-state index < -0.39 is 5.60 Å². The summed E-state index contributed by atoms with van der Waals surface area (Å²) in [6.07, 6.45) is 7.17. The van der Waals surface area contributed by atoms with Gasteiger partial charge >= 0.3 is 6.09 Å². The molecule has 1 saturated carbocycles. The molecule has 11 nitrogen and oxygen atoms in total. The summed E-state index contributed by atoms with van der Waals surface area (Å²) in [7, 11) is 0. The number of hydrogen-bond donors (Lipinski definition) is 3. The molecule has 4 aliphatic heterocycles. The average molecular weight is 625 g/mol. The predicted octanol–water partition coefficient (Wildman–Crippen LogP) is 4.02. The molecule has 11 heteroatoms. The standard InChI is InChI=1S/C34H52N6O5/c1-6-33(14-17-38(18-15-33)31(43)45-32(3,4)5)40-26-11-16-35-29(41)27(26)28(37-40)36-24-9-10-25(23(2)21-24)30(42)39-19-20-44-34(22-39)12-7-8-13-34/h9-10,21,26-28,36-37H,6-8,11-20,22H2,1-5H3,(H,35,41). The molecule has 1 aromatic carbocycles. The smallest absolute Gasteiger partial charge is 0.410 e. The first-order chi connectivity index (χ1) is 21.4. The highest BCUT2D eigenvalue weighted by Crippen LogP contribution is 2.41. The van der Waals surface area contributed by atoms with Gasteiger partial charge in [-0.1, -0.05) is 19.8 Å². The maximum Gasteiger partial charge on any atom is 0.410 e. The van der Waals surface area contributed by atoms with Crippen molar-refractivity contribution in [2.75, 3.05) is 44.6 Å². The molecule has 3 unspecified atom stereocenters. The highest BCUT2D eigenvalue weighted by Gasteiger charge is 2.54. The average Bonchev–Trinajstić information content (AvgIpc) is 3.61. The van der Waals surface area contributed by atoms with Crippen LogP contribution in [0, 0.1) is 12.8 Å². The van der Waals surface area contributed by atoms with E-state index in [1.165, 1.54) is 0 Å². The molecule has 45 heavy (non-hydrogen) atoms. The molecule has 3 N–H and O–H groups in total. The van der Waals surface area contributed by atoms with E-state index in [0.29, 0.717) is 44.9 Å². The second kappa shape index (κ2) is 12.4. The fraction of sp³-hybridized carbons (Fsp3) is 0.735. The number of likely N-dealkylation sites (tertiary alicyclic amines) is 1. The van der Waals surface area contributed by atoms with E-state index in [2.05, 4.69) is 28.0 Å². The monoisotopic (exact) mass is 624 g/mol. The minimum Gasteiger partial charge on any atom is -0.444 e. The number of rotatable bonds is 5. The van der Waals surface area contributed by atoms with Gasteiger partial charge in [0.25, 0.3) is 5.91 Å². The van der Waals surface area contributed by atoms with Crippen LogP contribution in [-0.4, -0.2) is 101 Å². The number of hydrazine groups is 1. The number of carbonyl (C=O) groups excluding carboxylic acids is 3. The van der Waals surface area contributed by atoms with Crippen LogP contribution in [-0.2, 0) is 14.3 Å². The van der Waals surface area contributed by atoms with Crippen molar-refractivity contribution in [3.63, 3.8) is 0 Å². The summed E-state index contributed by atoms with van der Waals surface area (Å²) in [4.78, 5) is 43.5. The third-order valence-corrected chi connectivity index (χ3v) is 10.8. The van der Waals surface area contributed by atoms with Crippen LogP contribution in [0.15, 0.2) is 18.2 Å². The van der Waals surface area contributed by atoms with Crippen LogP contribution in [0.5, 0.6) is 0 Å². The predicted molar refractivity (Wildman–Crippen MR) is 172 cm³/mol. The Hall–Kier alpha value is -2.89. The summed E-state index contributed by atoms with van der Waals surface area (Å²) in [5.41, 5.74) is 5.36. The van der Waals surface area contributed by atoms with E-state index in [1.54, 1.807) is 0 Å². The molecular formula is C34H52N6O5. The number of aryl methyl sites for hydroxylation is 1. The topological polar surface area (TPSA) is 115 Å². The second-order valence-electron chi connectivity index (χ2n) is 14.8. The molecule has 1 spiro atoms. The zero-order chi connectivity index (χ0) is 32.0. The zero-order valence-electron chi connectivity index (χ0n) is 27.7. The molecule has 0 aromatic heterocycles. The Morgan fingerprint density at radius 1 is 1.09 bits per heavy atom. The van der Waals surface area contributed by atoms with Crippen molar-refractivity contribution in [1.82, 2.24) is 25.6 Å². The first-order valence-corrected chi connectivity index (χ1v) is 17.0. The molecule has 248 valence electrons. The van der Waals surface area contributed by atoms with Gasteiger partial charge in [0.1, 0.15) is 11.8 Å². The van der Waals surface area contributed by atoms with Gasteiger partial charge in [0, 0.05) is 49.0 Å². The van der Waals surface area contributed by atoms with Gasteiger partial charge < -0.3 is 29.9 Å². The Morgan fingerprint density at radius 2 is 1.82 bits per heavy atom. The van der Waals surface area contributed by atoms with Gasteiger partial charge in [-0.25, -0.2) is 15.2 Å². The molecule has 4 saturated heterocycles. The summed E-state index contributed by atoms with van der Waals surface area (Å²) in [5.74, 6) is -0.162. The highest BCUT2D eigenvalue weighted by atomic mass is 16.6. The van der Waals surface area contributed by atoms with Gasteiger partial charge in [-0.2, -0.15) is 0 Å². The van der Waals surface area contributed by atoms with Gasteiger partial charge in [-0.05, 0) is 90.0 Å². The second-order valence-corrected chi connectivity index (χ2v) is 14.8. The Morgan fingerprint density at radius 3 is 2.49 bits per heavy atom. The van der Waals surface area contributed by atoms with Crippen LogP contribution in [0.3, 0.4) is 0 Å². The van der Waals surface area contributed by atoms with Gasteiger partial charge in [0.2, 0.25) is 5.91 Å². The van der Waals surface area contributed by atoms with Crippen molar-refractivity contribution in [2.45, 2.75) is 115 Å². The van der Waals surface area contributed by atoms with E-state index in [4.69, 9.17) is 9.47 Å². The van der Waals surface area contributed by atoms with Gasteiger partial charge in [0.15, 0.2) is 0 Å².